The molecule has 0 radical (unpaired) electrons. The van der Waals surface area contributed by atoms with Gasteiger partial charge in [0.15, 0.2) is 0 Å². The minimum absolute atomic E-state index is 0.0833. The molecule has 0 aromatic heterocycles. The van der Waals surface area contributed by atoms with Crippen molar-refractivity contribution in [3.8, 4) is 5.75 Å². The Balaban J connectivity index is 3.06. The fraction of sp³-hybridized carbons (Fsp3) is 0.222. The molecular formula is C9H8F2O2. The molecule has 0 fully saturated rings. The molecule has 0 saturated heterocycles. The number of halogens is 2. The first-order valence-corrected chi connectivity index (χ1v) is 3.62. The summed E-state index contributed by atoms with van der Waals surface area (Å²) in [5.41, 5.74) is -0.0833. The second-order valence-corrected chi connectivity index (χ2v) is 2.37. The Kier molecular flexibility index (Phi) is 2.95. The highest BCUT2D eigenvalue weighted by atomic mass is 19.3. The Morgan fingerprint density at radius 2 is 2.00 bits per heavy atom. The van der Waals surface area contributed by atoms with Gasteiger partial charge in [-0.3, -0.25) is 4.79 Å². The summed E-state index contributed by atoms with van der Waals surface area (Å²) in [6.07, 6.45) is -2.99. The summed E-state index contributed by atoms with van der Waals surface area (Å²) in [4.78, 5) is 10.9. The zero-order valence-corrected chi connectivity index (χ0v) is 6.96. The molecule has 2 nitrogen and oxygen atoms in total. The molecule has 13 heavy (non-hydrogen) atoms. The molecular weight excluding hydrogens is 178 g/mol. The first-order chi connectivity index (χ1) is 6.16. The summed E-state index contributed by atoms with van der Waals surface area (Å²) in [5, 5.41) is 0. The summed E-state index contributed by atoms with van der Waals surface area (Å²) in [6.45, 7) is 0. The van der Waals surface area contributed by atoms with Gasteiger partial charge in [-0.05, 0) is 12.1 Å². The average molecular weight is 186 g/mol. The van der Waals surface area contributed by atoms with E-state index in [1.807, 2.05) is 0 Å². The van der Waals surface area contributed by atoms with E-state index in [0.717, 1.165) is 0 Å². The lowest BCUT2D eigenvalue weighted by molar-refractivity contribution is 0.0675. The Bertz CT molecular complexity index is 310. The third kappa shape index (κ3) is 2.02. The number of alkyl halides is 2. The van der Waals surface area contributed by atoms with Crippen LogP contribution in [0.2, 0.25) is 0 Å². The standard InChI is InChI=1S/C9H8F2O2/c1-13-7-5-3-2-4-6(7)8(12)9(10)11/h2-5,9H,1H3. The van der Waals surface area contributed by atoms with Crippen molar-refractivity contribution in [1.29, 1.82) is 0 Å². The van der Waals surface area contributed by atoms with Crippen molar-refractivity contribution in [2.24, 2.45) is 0 Å². The molecule has 70 valence electrons. The van der Waals surface area contributed by atoms with Gasteiger partial charge in [-0.25, -0.2) is 8.78 Å². The van der Waals surface area contributed by atoms with E-state index >= 15 is 0 Å². The van der Waals surface area contributed by atoms with E-state index in [1.54, 1.807) is 6.07 Å². The number of methoxy groups -OCH3 is 1. The van der Waals surface area contributed by atoms with Gasteiger partial charge in [-0.1, -0.05) is 12.1 Å². The fourth-order valence-electron chi connectivity index (χ4n) is 0.966. The lowest BCUT2D eigenvalue weighted by Crippen LogP contribution is -2.11. The van der Waals surface area contributed by atoms with Crippen molar-refractivity contribution in [1.82, 2.24) is 0 Å². The maximum Gasteiger partial charge on any atom is 0.300 e. The number of hydrogen-bond acceptors (Lipinski definition) is 2. The second kappa shape index (κ2) is 3.98. The molecule has 0 unspecified atom stereocenters. The van der Waals surface area contributed by atoms with Crippen molar-refractivity contribution < 1.29 is 18.3 Å². The van der Waals surface area contributed by atoms with Crippen LogP contribution in [0.25, 0.3) is 0 Å². The Labute approximate surface area is 74.1 Å². The van der Waals surface area contributed by atoms with Crippen molar-refractivity contribution in [3.05, 3.63) is 29.8 Å². The van der Waals surface area contributed by atoms with Gasteiger partial charge < -0.3 is 4.74 Å². The number of carbonyl (C=O) groups excluding carboxylic acids is 1. The molecule has 0 aliphatic rings. The maximum absolute atomic E-state index is 12.0. The van der Waals surface area contributed by atoms with Crippen LogP contribution in [0.4, 0.5) is 8.78 Å². The van der Waals surface area contributed by atoms with Crippen LogP contribution in [0.3, 0.4) is 0 Å². The number of ketones is 1. The van der Waals surface area contributed by atoms with Crippen LogP contribution < -0.4 is 4.74 Å². The first-order valence-electron chi connectivity index (χ1n) is 3.62. The molecule has 1 aromatic carbocycles. The molecule has 0 heterocycles. The highest BCUT2D eigenvalue weighted by molar-refractivity contribution is 6.00. The predicted molar refractivity (Wildman–Crippen MR) is 43.3 cm³/mol. The first kappa shape index (κ1) is 9.64. The van der Waals surface area contributed by atoms with Crippen LogP contribution in [0.1, 0.15) is 10.4 Å². The van der Waals surface area contributed by atoms with Crippen LogP contribution in [-0.4, -0.2) is 19.3 Å². The molecule has 0 N–H and O–H groups in total. The molecule has 4 heteroatoms. The molecule has 0 spiro atoms. The summed E-state index contributed by atoms with van der Waals surface area (Å²) in [5.74, 6) is -1.04. The fourth-order valence-corrected chi connectivity index (χ4v) is 0.966. The molecule has 0 amide bonds. The normalized spacial score (nSPS) is 10.2. The Morgan fingerprint density at radius 3 is 2.54 bits per heavy atom. The van der Waals surface area contributed by atoms with Crippen LogP contribution in [-0.2, 0) is 0 Å². The van der Waals surface area contributed by atoms with Crippen molar-refractivity contribution in [3.63, 3.8) is 0 Å². The topological polar surface area (TPSA) is 26.3 Å². The number of rotatable bonds is 3. The van der Waals surface area contributed by atoms with E-state index < -0.39 is 12.2 Å². The number of benzene rings is 1. The van der Waals surface area contributed by atoms with E-state index in [0.29, 0.717) is 0 Å². The highest BCUT2D eigenvalue weighted by Gasteiger charge is 2.20. The molecule has 0 saturated carbocycles. The van der Waals surface area contributed by atoms with E-state index in [1.165, 1.54) is 25.3 Å². The van der Waals surface area contributed by atoms with Crippen LogP contribution >= 0.6 is 0 Å². The van der Waals surface area contributed by atoms with E-state index in [2.05, 4.69) is 0 Å². The molecule has 0 bridgehead atoms. The monoisotopic (exact) mass is 186 g/mol. The van der Waals surface area contributed by atoms with Gasteiger partial charge in [-0.2, -0.15) is 0 Å². The minimum Gasteiger partial charge on any atom is -0.496 e. The largest absolute Gasteiger partial charge is 0.496 e. The quantitative estimate of drug-likeness (QED) is 0.676. The molecule has 0 atom stereocenters. The zero-order chi connectivity index (χ0) is 9.84. The van der Waals surface area contributed by atoms with Crippen LogP contribution in [0.15, 0.2) is 24.3 Å². The number of hydrogen-bond donors (Lipinski definition) is 0. The highest BCUT2D eigenvalue weighted by Crippen LogP contribution is 2.20. The summed E-state index contributed by atoms with van der Waals surface area (Å²) < 4.78 is 28.8. The summed E-state index contributed by atoms with van der Waals surface area (Å²) in [7, 11) is 1.33. The van der Waals surface area contributed by atoms with E-state index in [4.69, 9.17) is 4.74 Å². The smallest absolute Gasteiger partial charge is 0.300 e. The predicted octanol–water partition coefficient (Wildman–Crippen LogP) is 2.14. The maximum atomic E-state index is 12.0. The average Bonchev–Trinajstić information content (AvgIpc) is 2.16. The number of para-hydroxylation sites is 1. The van der Waals surface area contributed by atoms with Crippen molar-refractivity contribution in [2.45, 2.75) is 6.43 Å². The van der Waals surface area contributed by atoms with Gasteiger partial charge in [0.2, 0.25) is 5.78 Å². The van der Waals surface area contributed by atoms with Gasteiger partial charge in [0.1, 0.15) is 5.75 Å². The lowest BCUT2D eigenvalue weighted by Gasteiger charge is -2.05. The molecule has 0 aliphatic heterocycles. The van der Waals surface area contributed by atoms with Crippen LogP contribution in [0.5, 0.6) is 5.75 Å². The van der Waals surface area contributed by atoms with E-state index in [-0.39, 0.29) is 11.3 Å². The van der Waals surface area contributed by atoms with Crippen LogP contribution in [0, 0.1) is 0 Å². The van der Waals surface area contributed by atoms with Gasteiger partial charge in [-0.15, -0.1) is 0 Å². The third-order valence-electron chi connectivity index (χ3n) is 1.57. The van der Waals surface area contributed by atoms with Gasteiger partial charge in [0.25, 0.3) is 0 Å². The number of carbonyl (C=O) groups is 1. The molecule has 0 aliphatic carbocycles. The Morgan fingerprint density at radius 1 is 1.38 bits per heavy atom. The minimum atomic E-state index is -2.99. The van der Waals surface area contributed by atoms with Crippen molar-refractivity contribution >= 4 is 5.78 Å². The summed E-state index contributed by atoms with van der Waals surface area (Å²) >= 11 is 0. The SMILES string of the molecule is COc1ccccc1C(=O)C(F)F. The number of ether oxygens (including phenoxy) is 1. The second-order valence-electron chi connectivity index (χ2n) is 2.37. The van der Waals surface area contributed by atoms with Crippen molar-refractivity contribution in [2.75, 3.05) is 7.11 Å². The lowest BCUT2D eigenvalue weighted by atomic mass is 10.1. The zero-order valence-electron chi connectivity index (χ0n) is 6.96. The van der Waals surface area contributed by atoms with Gasteiger partial charge in [0.05, 0.1) is 12.7 Å². The number of Topliss-reactive ketones (excluding diaryl/α,β-unsaturated/α-hetero) is 1. The molecule has 1 rings (SSSR count). The Hall–Kier alpha value is -1.45. The molecule has 1 aromatic rings. The van der Waals surface area contributed by atoms with E-state index in [9.17, 15) is 13.6 Å². The third-order valence-corrected chi connectivity index (χ3v) is 1.57. The van der Waals surface area contributed by atoms with Gasteiger partial charge >= 0.3 is 6.43 Å². The summed E-state index contributed by atoms with van der Waals surface area (Å²) in [6, 6.07) is 5.90. The van der Waals surface area contributed by atoms with Gasteiger partial charge in [0, 0.05) is 0 Å².